The SMILES string of the molecule is CCOC(=O)c1c(NC=C(C#N)c2nc(-c3ccc(OC)c(OC)c3)cs2)sc(C(C)=O)c1C. The maximum atomic E-state index is 12.5. The lowest BCUT2D eigenvalue weighted by Crippen LogP contribution is -2.08. The largest absolute Gasteiger partial charge is 0.493 e. The first-order valence-electron chi connectivity index (χ1n) is 10.2. The van der Waals surface area contributed by atoms with Crippen LogP contribution in [0, 0.1) is 18.3 Å². The number of anilines is 1. The van der Waals surface area contributed by atoms with E-state index < -0.39 is 5.97 Å². The first-order valence-corrected chi connectivity index (χ1v) is 11.9. The molecule has 8 nitrogen and oxygen atoms in total. The molecular weight excluding hydrogens is 474 g/mol. The number of methoxy groups -OCH3 is 2. The van der Waals surface area contributed by atoms with E-state index in [1.54, 1.807) is 34.1 Å². The molecule has 0 fully saturated rings. The van der Waals surface area contributed by atoms with Crippen molar-refractivity contribution >= 4 is 45.0 Å². The van der Waals surface area contributed by atoms with Crippen molar-refractivity contribution in [2.75, 3.05) is 26.1 Å². The summed E-state index contributed by atoms with van der Waals surface area (Å²) in [5, 5.41) is 15.5. The number of nitrogens with one attached hydrogen (secondary N) is 1. The quantitative estimate of drug-likeness (QED) is 0.233. The highest BCUT2D eigenvalue weighted by Crippen LogP contribution is 2.36. The Labute approximate surface area is 205 Å². The molecule has 0 spiro atoms. The Morgan fingerprint density at radius 1 is 1.24 bits per heavy atom. The molecule has 3 aromatic rings. The van der Waals surface area contributed by atoms with Crippen LogP contribution in [0.15, 0.2) is 29.8 Å². The average molecular weight is 498 g/mol. The smallest absolute Gasteiger partial charge is 0.341 e. The van der Waals surface area contributed by atoms with Gasteiger partial charge in [-0.1, -0.05) is 0 Å². The minimum Gasteiger partial charge on any atom is -0.493 e. The summed E-state index contributed by atoms with van der Waals surface area (Å²) in [6.07, 6.45) is 1.48. The van der Waals surface area contributed by atoms with Gasteiger partial charge in [0.1, 0.15) is 21.7 Å². The zero-order valence-electron chi connectivity index (χ0n) is 19.3. The third kappa shape index (κ3) is 5.11. The fourth-order valence-electron chi connectivity index (χ4n) is 3.21. The third-order valence-electron chi connectivity index (χ3n) is 4.83. The molecule has 3 rings (SSSR count). The molecule has 0 radical (unpaired) electrons. The zero-order chi connectivity index (χ0) is 24.8. The van der Waals surface area contributed by atoms with E-state index in [2.05, 4.69) is 16.4 Å². The fourth-order valence-corrected chi connectivity index (χ4v) is 5.06. The fraction of sp³-hybridized carbons (Fsp3) is 0.250. The van der Waals surface area contributed by atoms with Gasteiger partial charge in [-0.3, -0.25) is 4.79 Å². The average Bonchev–Trinajstić information content (AvgIpc) is 3.44. The molecule has 0 atom stereocenters. The summed E-state index contributed by atoms with van der Waals surface area (Å²) in [4.78, 5) is 29.5. The molecule has 1 aromatic carbocycles. The van der Waals surface area contributed by atoms with Crippen molar-refractivity contribution in [2.45, 2.75) is 20.8 Å². The summed E-state index contributed by atoms with van der Waals surface area (Å²) in [6, 6.07) is 7.60. The topological polar surface area (TPSA) is 111 Å². The molecule has 1 N–H and O–H groups in total. The van der Waals surface area contributed by atoms with Gasteiger partial charge < -0.3 is 19.5 Å². The number of aromatic nitrogens is 1. The number of thiazole rings is 1. The van der Waals surface area contributed by atoms with E-state index in [1.165, 1.54) is 24.5 Å². The number of Topliss-reactive ketones (excluding diaryl/α,β-unsaturated/α-hetero) is 1. The van der Waals surface area contributed by atoms with Crippen molar-refractivity contribution in [1.29, 1.82) is 5.26 Å². The number of benzene rings is 1. The molecule has 0 bridgehead atoms. The lowest BCUT2D eigenvalue weighted by atomic mass is 10.1. The number of ether oxygens (including phenoxy) is 3. The molecule has 0 amide bonds. The van der Waals surface area contributed by atoms with Gasteiger partial charge in [0.2, 0.25) is 0 Å². The number of nitriles is 1. The Balaban J connectivity index is 1.93. The number of carbonyl (C=O) groups is 2. The Morgan fingerprint density at radius 2 is 1.97 bits per heavy atom. The Kier molecular flexibility index (Phi) is 8.04. The van der Waals surface area contributed by atoms with Crippen LogP contribution < -0.4 is 14.8 Å². The minimum absolute atomic E-state index is 0.148. The first kappa shape index (κ1) is 25.0. The zero-order valence-corrected chi connectivity index (χ0v) is 21.0. The molecule has 0 unspecified atom stereocenters. The van der Waals surface area contributed by atoms with Crippen LogP contribution >= 0.6 is 22.7 Å². The van der Waals surface area contributed by atoms with Gasteiger partial charge in [-0.25, -0.2) is 9.78 Å². The molecule has 0 saturated heterocycles. The third-order valence-corrected chi connectivity index (χ3v) is 7.03. The van der Waals surface area contributed by atoms with Gasteiger partial charge >= 0.3 is 5.97 Å². The van der Waals surface area contributed by atoms with Crippen LogP contribution in [0.25, 0.3) is 16.8 Å². The number of hydrogen-bond acceptors (Lipinski definition) is 10. The van der Waals surface area contributed by atoms with Crippen LogP contribution in [0.3, 0.4) is 0 Å². The minimum atomic E-state index is -0.525. The predicted molar refractivity (Wildman–Crippen MR) is 133 cm³/mol. The van der Waals surface area contributed by atoms with Crippen molar-refractivity contribution in [3.05, 3.63) is 50.8 Å². The van der Waals surface area contributed by atoms with E-state index >= 15 is 0 Å². The molecule has 0 aliphatic heterocycles. The lowest BCUT2D eigenvalue weighted by molar-refractivity contribution is 0.0527. The number of rotatable bonds is 9. The van der Waals surface area contributed by atoms with Crippen molar-refractivity contribution in [3.8, 4) is 28.8 Å². The van der Waals surface area contributed by atoms with E-state index in [0.717, 1.165) is 16.9 Å². The van der Waals surface area contributed by atoms with Crippen LogP contribution in [0.1, 0.15) is 44.4 Å². The van der Waals surface area contributed by atoms with Gasteiger partial charge in [0, 0.05) is 17.1 Å². The summed E-state index contributed by atoms with van der Waals surface area (Å²) in [5.74, 6) is 0.512. The first-order chi connectivity index (χ1) is 16.3. The molecule has 0 aliphatic rings. The highest BCUT2D eigenvalue weighted by atomic mass is 32.1. The van der Waals surface area contributed by atoms with Crippen molar-refractivity contribution in [3.63, 3.8) is 0 Å². The number of thiophene rings is 1. The van der Waals surface area contributed by atoms with E-state index in [0.29, 0.717) is 37.6 Å². The second-order valence-electron chi connectivity index (χ2n) is 6.96. The van der Waals surface area contributed by atoms with Gasteiger partial charge in [-0.15, -0.1) is 22.7 Å². The lowest BCUT2D eigenvalue weighted by Gasteiger charge is -2.08. The number of allylic oxidation sites excluding steroid dienone is 1. The number of esters is 1. The van der Waals surface area contributed by atoms with Crippen molar-refractivity contribution in [2.24, 2.45) is 0 Å². The predicted octanol–water partition coefficient (Wildman–Crippen LogP) is 5.55. The number of carbonyl (C=O) groups excluding carboxylic acids is 2. The van der Waals surface area contributed by atoms with Gasteiger partial charge in [0.15, 0.2) is 17.3 Å². The molecule has 2 aromatic heterocycles. The van der Waals surface area contributed by atoms with Crippen LogP contribution in [0.5, 0.6) is 11.5 Å². The molecule has 0 aliphatic carbocycles. The Hall–Kier alpha value is -3.68. The van der Waals surface area contributed by atoms with Gasteiger partial charge in [0.25, 0.3) is 0 Å². The molecule has 0 saturated carbocycles. The Morgan fingerprint density at radius 3 is 2.59 bits per heavy atom. The summed E-state index contributed by atoms with van der Waals surface area (Å²) in [6.45, 7) is 5.07. The van der Waals surface area contributed by atoms with Crippen LogP contribution in [0.2, 0.25) is 0 Å². The maximum absolute atomic E-state index is 12.5. The molecule has 2 heterocycles. The van der Waals surface area contributed by atoms with Crippen LogP contribution in [-0.2, 0) is 4.74 Å². The van der Waals surface area contributed by atoms with E-state index in [9.17, 15) is 14.9 Å². The van der Waals surface area contributed by atoms with Gasteiger partial charge in [-0.2, -0.15) is 5.26 Å². The summed E-state index contributed by atoms with van der Waals surface area (Å²) < 4.78 is 15.8. The van der Waals surface area contributed by atoms with Crippen LogP contribution in [-0.4, -0.2) is 37.6 Å². The normalized spacial score (nSPS) is 11.0. The summed E-state index contributed by atoms with van der Waals surface area (Å²) in [5.41, 5.74) is 2.61. The molecular formula is C24H23N3O5S2. The highest BCUT2D eigenvalue weighted by molar-refractivity contribution is 7.18. The number of ketones is 1. The van der Waals surface area contributed by atoms with E-state index in [1.807, 2.05) is 17.5 Å². The second-order valence-corrected chi connectivity index (χ2v) is 8.84. The molecule has 34 heavy (non-hydrogen) atoms. The Bertz CT molecular complexity index is 1300. The number of hydrogen-bond donors (Lipinski definition) is 1. The van der Waals surface area contributed by atoms with Gasteiger partial charge in [0.05, 0.1) is 37.0 Å². The second kappa shape index (κ2) is 11.0. The van der Waals surface area contributed by atoms with Crippen LogP contribution in [0.4, 0.5) is 5.00 Å². The number of nitrogens with zero attached hydrogens (tertiary/aromatic N) is 2. The molecule has 10 heteroatoms. The van der Waals surface area contributed by atoms with Crippen molar-refractivity contribution < 1.29 is 23.8 Å². The monoisotopic (exact) mass is 497 g/mol. The maximum Gasteiger partial charge on any atom is 0.341 e. The molecule has 176 valence electrons. The summed E-state index contributed by atoms with van der Waals surface area (Å²) >= 11 is 2.46. The highest BCUT2D eigenvalue weighted by Gasteiger charge is 2.24. The van der Waals surface area contributed by atoms with Gasteiger partial charge in [-0.05, 0) is 44.5 Å². The van der Waals surface area contributed by atoms with Crippen molar-refractivity contribution in [1.82, 2.24) is 4.98 Å². The standard InChI is InChI=1S/C24H23N3O5S2/c1-6-32-24(29)20-13(2)21(14(3)28)34-23(20)26-11-16(10-25)22-27-17(12-33-22)15-7-8-18(30-4)19(9-15)31-5/h7-9,11-12,26H,6H2,1-5H3. The van der Waals surface area contributed by atoms with E-state index in [4.69, 9.17) is 14.2 Å². The summed E-state index contributed by atoms with van der Waals surface area (Å²) in [7, 11) is 3.13. The van der Waals surface area contributed by atoms with E-state index in [-0.39, 0.29) is 23.5 Å².